The maximum atomic E-state index is 12.3. The van der Waals surface area contributed by atoms with E-state index in [2.05, 4.69) is 22.3 Å². The van der Waals surface area contributed by atoms with Crippen molar-refractivity contribution in [3.8, 4) is 0 Å². The lowest BCUT2D eigenvalue weighted by Gasteiger charge is -2.28. The molecule has 5 heteroatoms. The van der Waals surface area contributed by atoms with E-state index in [4.69, 9.17) is 4.42 Å². The number of nitrogens with one attached hydrogen (secondary N) is 1. The van der Waals surface area contributed by atoms with Gasteiger partial charge in [-0.3, -0.25) is 4.79 Å². The molecule has 1 saturated heterocycles. The lowest BCUT2D eigenvalue weighted by Crippen LogP contribution is -2.29. The molecule has 1 aromatic heterocycles. The van der Waals surface area contributed by atoms with E-state index in [1.165, 1.54) is 24.9 Å². The first-order chi connectivity index (χ1) is 11.7. The molecule has 1 aliphatic heterocycles. The van der Waals surface area contributed by atoms with Crippen LogP contribution < -0.4 is 10.2 Å². The molecule has 1 atom stereocenters. The normalized spacial score (nSPS) is 16.0. The topological polar surface area (TPSA) is 45.5 Å². The molecule has 1 amide bonds. The average Bonchev–Trinajstić information content (AvgIpc) is 3.14. The van der Waals surface area contributed by atoms with Crippen LogP contribution in [0.2, 0.25) is 0 Å². The predicted molar refractivity (Wildman–Crippen MR) is 101 cm³/mol. The number of rotatable bonds is 6. The number of hydrogen-bond donors (Lipinski definition) is 1. The molecule has 4 nitrogen and oxygen atoms in total. The van der Waals surface area contributed by atoms with Gasteiger partial charge in [0.2, 0.25) is 5.91 Å². The summed E-state index contributed by atoms with van der Waals surface area (Å²) in [5.74, 6) is 1.62. The van der Waals surface area contributed by atoms with E-state index < -0.39 is 0 Å². The van der Waals surface area contributed by atoms with Crippen molar-refractivity contribution < 1.29 is 9.21 Å². The first-order valence-electron chi connectivity index (χ1n) is 8.52. The van der Waals surface area contributed by atoms with E-state index in [1.54, 1.807) is 18.0 Å². The van der Waals surface area contributed by atoms with Crippen LogP contribution >= 0.6 is 11.8 Å². The molecule has 1 N–H and O–H groups in total. The Morgan fingerprint density at radius 2 is 1.96 bits per heavy atom. The van der Waals surface area contributed by atoms with E-state index in [1.807, 2.05) is 31.2 Å². The van der Waals surface area contributed by atoms with Crippen LogP contribution in [0, 0.1) is 0 Å². The zero-order chi connectivity index (χ0) is 16.8. The highest BCUT2D eigenvalue weighted by Crippen LogP contribution is 2.23. The summed E-state index contributed by atoms with van der Waals surface area (Å²) < 4.78 is 5.30. The van der Waals surface area contributed by atoms with Crippen LogP contribution in [0.15, 0.2) is 47.1 Å². The van der Waals surface area contributed by atoms with Crippen molar-refractivity contribution in [3.05, 3.63) is 48.4 Å². The Bertz CT molecular complexity index is 634. The van der Waals surface area contributed by atoms with Gasteiger partial charge in [0.25, 0.3) is 0 Å². The van der Waals surface area contributed by atoms with Gasteiger partial charge in [0.05, 0.1) is 17.3 Å². The number of thioether (sulfide) groups is 1. The average molecular weight is 344 g/mol. The van der Waals surface area contributed by atoms with Crippen LogP contribution in [-0.4, -0.2) is 24.2 Å². The quantitative estimate of drug-likeness (QED) is 0.836. The van der Waals surface area contributed by atoms with Gasteiger partial charge in [0, 0.05) is 24.5 Å². The molecular formula is C19H24N2O2S. The minimum absolute atomic E-state index is 0.0253. The maximum absolute atomic E-state index is 12.3. The van der Waals surface area contributed by atoms with Gasteiger partial charge in [-0.15, -0.1) is 11.8 Å². The standard InChI is InChI=1S/C19H24N2O2S/c1-15(24-14-18-6-5-13-23-18)19(22)20-16-7-9-17(10-8-16)21-11-3-2-4-12-21/h5-10,13,15H,2-4,11-12,14H2,1H3,(H,20,22). The highest BCUT2D eigenvalue weighted by molar-refractivity contribution is 7.99. The van der Waals surface area contributed by atoms with Gasteiger partial charge in [-0.25, -0.2) is 0 Å². The molecule has 24 heavy (non-hydrogen) atoms. The third kappa shape index (κ3) is 4.57. The molecule has 0 aliphatic carbocycles. The monoisotopic (exact) mass is 344 g/mol. The number of nitrogens with zero attached hydrogens (tertiary/aromatic N) is 1. The summed E-state index contributed by atoms with van der Waals surface area (Å²) in [6.45, 7) is 4.18. The molecule has 2 heterocycles. The zero-order valence-corrected chi connectivity index (χ0v) is 14.8. The van der Waals surface area contributed by atoms with Crippen LogP contribution in [0.5, 0.6) is 0 Å². The zero-order valence-electron chi connectivity index (χ0n) is 14.0. The largest absolute Gasteiger partial charge is 0.468 e. The number of hydrogen-bond acceptors (Lipinski definition) is 4. The molecule has 0 saturated carbocycles. The minimum Gasteiger partial charge on any atom is -0.468 e. The van der Waals surface area contributed by atoms with Gasteiger partial charge in [-0.2, -0.15) is 0 Å². The molecule has 0 bridgehead atoms. The summed E-state index contributed by atoms with van der Waals surface area (Å²) in [4.78, 5) is 14.7. The van der Waals surface area contributed by atoms with Gasteiger partial charge in [0.15, 0.2) is 0 Å². The Balaban J connectivity index is 1.50. The molecule has 3 rings (SSSR count). The number of benzene rings is 1. The van der Waals surface area contributed by atoms with Gasteiger partial charge < -0.3 is 14.6 Å². The SMILES string of the molecule is CC(SCc1ccco1)C(=O)Nc1ccc(N2CCCCC2)cc1. The van der Waals surface area contributed by atoms with Gasteiger partial charge in [-0.1, -0.05) is 0 Å². The summed E-state index contributed by atoms with van der Waals surface area (Å²) in [7, 11) is 0. The summed E-state index contributed by atoms with van der Waals surface area (Å²) >= 11 is 1.57. The van der Waals surface area contributed by atoms with E-state index in [0.29, 0.717) is 5.75 Å². The van der Waals surface area contributed by atoms with Crippen molar-refractivity contribution in [1.82, 2.24) is 0 Å². The second-order valence-electron chi connectivity index (χ2n) is 6.12. The smallest absolute Gasteiger partial charge is 0.237 e. The van der Waals surface area contributed by atoms with Crippen LogP contribution in [0.25, 0.3) is 0 Å². The first-order valence-corrected chi connectivity index (χ1v) is 9.57. The van der Waals surface area contributed by atoms with Crippen LogP contribution in [0.4, 0.5) is 11.4 Å². The number of carbonyl (C=O) groups is 1. The highest BCUT2D eigenvalue weighted by Gasteiger charge is 2.15. The van der Waals surface area contributed by atoms with E-state index >= 15 is 0 Å². The maximum Gasteiger partial charge on any atom is 0.237 e. The number of piperidine rings is 1. The predicted octanol–water partition coefficient (Wildman–Crippen LogP) is 4.53. The third-order valence-electron chi connectivity index (χ3n) is 4.28. The van der Waals surface area contributed by atoms with Crippen molar-refractivity contribution in [1.29, 1.82) is 0 Å². The second-order valence-corrected chi connectivity index (χ2v) is 7.45. The van der Waals surface area contributed by atoms with E-state index in [9.17, 15) is 4.79 Å². The van der Waals surface area contributed by atoms with Crippen molar-refractivity contribution in [2.75, 3.05) is 23.3 Å². The molecule has 2 aromatic rings. The Morgan fingerprint density at radius 1 is 1.21 bits per heavy atom. The molecule has 1 aromatic carbocycles. The van der Waals surface area contributed by atoms with E-state index in [0.717, 1.165) is 24.5 Å². The Morgan fingerprint density at radius 3 is 2.62 bits per heavy atom. The third-order valence-corrected chi connectivity index (χ3v) is 5.45. The van der Waals surface area contributed by atoms with Crippen molar-refractivity contribution in [3.63, 3.8) is 0 Å². The fourth-order valence-electron chi connectivity index (χ4n) is 2.83. The number of carbonyl (C=O) groups excluding carboxylic acids is 1. The minimum atomic E-state index is -0.128. The number of anilines is 2. The van der Waals surface area contributed by atoms with Crippen LogP contribution in [0.1, 0.15) is 31.9 Å². The fourth-order valence-corrected chi connectivity index (χ4v) is 3.62. The van der Waals surface area contributed by atoms with Gasteiger partial charge in [0.1, 0.15) is 5.76 Å². The summed E-state index contributed by atoms with van der Waals surface area (Å²) in [5.41, 5.74) is 2.10. The van der Waals surface area contributed by atoms with Crippen molar-refractivity contribution >= 4 is 29.0 Å². The Labute approximate surface area is 147 Å². The summed E-state index contributed by atoms with van der Waals surface area (Å²) in [6.07, 6.45) is 5.52. The first kappa shape index (κ1) is 17.0. The molecule has 1 aliphatic rings. The molecule has 1 fully saturated rings. The molecular weight excluding hydrogens is 320 g/mol. The van der Waals surface area contributed by atoms with Gasteiger partial charge in [-0.05, 0) is 62.6 Å². The fraction of sp³-hybridized carbons (Fsp3) is 0.421. The van der Waals surface area contributed by atoms with Crippen LogP contribution in [-0.2, 0) is 10.5 Å². The Kier molecular flexibility index (Phi) is 5.86. The number of furan rings is 1. The summed E-state index contributed by atoms with van der Waals surface area (Å²) in [6, 6.07) is 12.0. The Hall–Kier alpha value is -1.88. The lowest BCUT2D eigenvalue weighted by atomic mass is 10.1. The molecule has 128 valence electrons. The van der Waals surface area contributed by atoms with Gasteiger partial charge >= 0.3 is 0 Å². The van der Waals surface area contributed by atoms with E-state index in [-0.39, 0.29) is 11.2 Å². The lowest BCUT2D eigenvalue weighted by molar-refractivity contribution is -0.115. The number of amides is 1. The van der Waals surface area contributed by atoms with Crippen molar-refractivity contribution in [2.45, 2.75) is 37.2 Å². The highest BCUT2D eigenvalue weighted by atomic mass is 32.2. The van der Waals surface area contributed by atoms with Crippen molar-refractivity contribution in [2.24, 2.45) is 0 Å². The van der Waals surface area contributed by atoms with Crippen LogP contribution in [0.3, 0.4) is 0 Å². The molecule has 0 radical (unpaired) electrons. The second kappa shape index (κ2) is 8.29. The molecule has 0 spiro atoms. The molecule has 1 unspecified atom stereocenters. The summed E-state index contributed by atoms with van der Waals surface area (Å²) in [5, 5.41) is 2.87.